The number of ether oxygens (including phenoxy) is 1. The first kappa shape index (κ1) is 23.9. The van der Waals surface area contributed by atoms with E-state index in [9.17, 15) is 10.2 Å². The molecule has 2 N–H and O–H groups in total. The van der Waals surface area contributed by atoms with Gasteiger partial charge in [-0.05, 0) is 104 Å². The molecule has 4 heteroatoms. The second kappa shape index (κ2) is 8.71. The predicted molar refractivity (Wildman–Crippen MR) is 140 cm³/mol. The van der Waals surface area contributed by atoms with Gasteiger partial charge in [0.25, 0.3) is 0 Å². The molecule has 186 valence electrons. The summed E-state index contributed by atoms with van der Waals surface area (Å²) < 4.78 is 6.41. The van der Waals surface area contributed by atoms with E-state index in [4.69, 9.17) is 4.74 Å². The molecule has 1 unspecified atom stereocenters. The number of anilines is 1. The van der Waals surface area contributed by atoms with Crippen molar-refractivity contribution in [2.45, 2.75) is 96.3 Å². The van der Waals surface area contributed by atoms with Gasteiger partial charge in [0.15, 0.2) is 0 Å². The minimum Gasteiger partial charge on any atom is -0.490 e. The highest BCUT2D eigenvalue weighted by Gasteiger charge is 2.55. The summed E-state index contributed by atoms with van der Waals surface area (Å²) in [4.78, 5) is 2.40. The number of rotatable bonds is 5. The third-order valence-electron chi connectivity index (χ3n) is 9.87. The van der Waals surface area contributed by atoms with Gasteiger partial charge in [-0.2, -0.15) is 0 Å². The fraction of sp³-hybridized carbons (Fsp3) is 0.667. The maximum Gasteiger partial charge on any atom is 0.120 e. The first-order valence-corrected chi connectivity index (χ1v) is 13.4. The SMILES string of the molecule is CN(c1ccc2cc(O[C@H]3CC[C@H](C(C)(C)C)CC3)ccc2c1)C12CCC(CO)(CC1)C(O)C2. The third kappa shape index (κ3) is 4.22. The van der Waals surface area contributed by atoms with Crippen LogP contribution in [0.3, 0.4) is 0 Å². The Morgan fingerprint density at radius 3 is 2.21 bits per heavy atom. The topological polar surface area (TPSA) is 52.9 Å². The molecule has 4 nitrogen and oxygen atoms in total. The minimum absolute atomic E-state index is 0.0149. The van der Waals surface area contributed by atoms with Crippen LogP contribution in [0.1, 0.15) is 78.6 Å². The van der Waals surface area contributed by atoms with Crippen molar-refractivity contribution in [3.63, 3.8) is 0 Å². The molecule has 4 fully saturated rings. The van der Waals surface area contributed by atoms with Crippen molar-refractivity contribution in [3.05, 3.63) is 36.4 Å². The summed E-state index contributed by atoms with van der Waals surface area (Å²) in [6, 6.07) is 13.2. The number of aliphatic hydroxyl groups is 2. The number of aliphatic hydroxyl groups excluding tert-OH is 2. The molecule has 34 heavy (non-hydrogen) atoms. The summed E-state index contributed by atoms with van der Waals surface area (Å²) >= 11 is 0. The molecule has 4 aliphatic carbocycles. The van der Waals surface area contributed by atoms with E-state index in [1.54, 1.807) is 0 Å². The fourth-order valence-corrected chi connectivity index (χ4v) is 7.07. The highest BCUT2D eigenvalue weighted by Crippen LogP contribution is 2.55. The van der Waals surface area contributed by atoms with E-state index in [1.807, 2.05) is 0 Å². The largest absolute Gasteiger partial charge is 0.490 e. The van der Waals surface area contributed by atoms with Gasteiger partial charge in [0.05, 0.1) is 18.8 Å². The van der Waals surface area contributed by atoms with Gasteiger partial charge in [0.1, 0.15) is 5.75 Å². The van der Waals surface area contributed by atoms with E-state index in [-0.39, 0.29) is 17.6 Å². The molecular weight excluding hydrogens is 422 g/mol. The van der Waals surface area contributed by atoms with Crippen LogP contribution in [0.2, 0.25) is 0 Å². The predicted octanol–water partition coefficient (Wildman–Crippen LogP) is 6.32. The first-order chi connectivity index (χ1) is 16.1. The maximum absolute atomic E-state index is 10.8. The van der Waals surface area contributed by atoms with Gasteiger partial charge in [-0.15, -0.1) is 0 Å². The molecule has 0 saturated heterocycles. The maximum atomic E-state index is 10.8. The van der Waals surface area contributed by atoms with Gasteiger partial charge in [-0.3, -0.25) is 0 Å². The quantitative estimate of drug-likeness (QED) is 0.543. The summed E-state index contributed by atoms with van der Waals surface area (Å²) in [5, 5.41) is 23.1. The average Bonchev–Trinajstić information content (AvgIpc) is 2.84. The van der Waals surface area contributed by atoms with Crippen LogP contribution in [0.5, 0.6) is 5.75 Å². The highest BCUT2D eigenvalue weighted by molar-refractivity contribution is 5.87. The second-order valence-electron chi connectivity index (χ2n) is 12.7. The van der Waals surface area contributed by atoms with Crippen molar-refractivity contribution >= 4 is 16.5 Å². The van der Waals surface area contributed by atoms with Crippen molar-refractivity contribution in [3.8, 4) is 5.75 Å². The zero-order chi connectivity index (χ0) is 24.1. The summed E-state index contributed by atoms with van der Waals surface area (Å²) in [5.74, 6) is 1.78. The van der Waals surface area contributed by atoms with Gasteiger partial charge >= 0.3 is 0 Å². The van der Waals surface area contributed by atoms with Gasteiger partial charge < -0.3 is 19.8 Å². The lowest BCUT2D eigenvalue weighted by Crippen LogP contribution is -2.62. The van der Waals surface area contributed by atoms with Crippen LogP contribution >= 0.6 is 0 Å². The van der Waals surface area contributed by atoms with Crippen LogP contribution in [0.15, 0.2) is 36.4 Å². The van der Waals surface area contributed by atoms with Gasteiger partial charge in [-0.1, -0.05) is 32.9 Å². The smallest absolute Gasteiger partial charge is 0.120 e. The van der Waals surface area contributed by atoms with Crippen LogP contribution in [0.4, 0.5) is 5.69 Å². The van der Waals surface area contributed by atoms with E-state index >= 15 is 0 Å². The van der Waals surface area contributed by atoms with Crippen molar-refractivity contribution < 1.29 is 14.9 Å². The monoisotopic (exact) mass is 465 g/mol. The lowest BCUT2D eigenvalue weighted by molar-refractivity contribution is -0.110. The lowest BCUT2D eigenvalue weighted by atomic mass is 9.55. The summed E-state index contributed by atoms with van der Waals surface area (Å²) in [6.45, 7) is 7.19. The molecule has 0 radical (unpaired) electrons. The Labute approximate surface area is 205 Å². The van der Waals surface area contributed by atoms with Gasteiger partial charge in [0, 0.05) is 23.7 Å². The highest BCUT2D eigenvalue weighted by atomic mass is 16.5. The van der Waals surface area contributed by atoms with Crippen LogP contribution < -0.4 is 9.64 Å². The third-order valence-corrected chi connectivity index (χ3v) is 9.87. The Morgan fingerprint density at radius 2 is 1.59 bits per heavy atom. The Kier molecular flexibility index (Phi) is 6.13. The molecule has 4 aliphatic rings. The van der Waals surface area contributed by atoms with Crippen molar-refractivity contribution in [2.75, 3.05) is 18.6 Å². The zero-order valence-electron chi connectivity index (χ0n) is 21.5. The standard InChI is InChI=1S/C30H43NO3/c1-28(2,3)23-7-11-25(12-8-23)34-26-10-6-21-17-24(9-5-22(21)18-26)31(4)30-15-13-29(20-32,14-16-30)27(33)19-30/h5-6,9-10,17-18,23,25,27,32-33H,7-8,11-16,19-20H2,1-4H3/t23-,25-,27?,29?,30?. The normalized spacial score (nSPS) is 33.8. The first-order valence-electron chi connectivity index (χ1n) is 13.4. The van der Waals surface area contributed by atoms with E-state index < -0.39 is 6.10 Å². The molecule has 0 heterocycles. The van der Waals surface area contributed by atoms with Crippen molar-refractivity contribution in [1.29, 1.82) is 0 Å². The number of nitrogens with zero attached hydrogens (tertiary/aromatic N) is 1. The molecule has 6 rings (SSSR count). The average molecular weight is 466 g/mol. The van der Waals surface area contributed by atoms with E-state index in [0.717, 1.165) is 56.6 Å². The molecule has 2 aromatic carbocycles. The molecule has 4 saturated carbocycles. The van der Waals surface area contributed by atoms with Crippen LogP contribution in [0, 0.1) is 16.7 Å². The van der Waals surface area contributed by atoms with Gasteiger partial charge in [-0.25, -0.2) is 0 Å². The Morgan fingerprint density at radius 1 is 0.941 bits per heavy atom. The number of hydrogen-bond donors (Lipinski definition) is 2. The van der Waals surface area contributed by atoms with E-state index in [0.29, 0.717) is 11.5 Å². The summed E-state index contributed by atoms with van der Waals surface area (Å²) in [5.41, 5.74) is 1.31. The molecule has 0 amide bonds. The summed E-state index contributed by atoms with van der Waals surface area (Å²) in [6.07, 6.45) is 9.34. The number of fused-ring (bicyclic) bond motifs is 4. The van der Waals surface area contributed by atoms with Crippen molar-refractivity contribution in [2.24, 2.45) is 16.7 Å². The zero-order valence-corrected chi connectivity index (χ0v) is 21.5. The van der Waals surface area contributed by atoms with Crippen LogP contribution in [0.25, 0.3) is 10.8 Å². The second-order valence-corrected chi connectivity index (χ2v) is 12.7. The Balaban J connectivity index is 1.28. The Hall–Kier alpha value is -1.78. The van der Waals surface area contributed by atoms with Crippen LogP contribution in [-0.4, -0.2) is 41.6 Å². The number of hydrogen-bond acceptors (Lipinski definition) is 4. The van der Waals surface area contributed by atoms with Crippen molar-refractivity contribution in [1.82, 2.24) is 0 Å². The van der Waals surface area contributed by atoms with E-state index in [2.05, 4.69) is 69.1 Å². The fourth-order valence-electron chi connectivity index (χ4n) is 7.07. The Bertz CT molecular complexity index is 1010. The molecule has 0 aromatic heterocycles. The molecule has 2 bridgehead atoms. The van der Waals surface area contributed by atoms with Gasteiger partial charge in [0.2, 0.25) is 0 Å². The minimum atomic E-state index is -0.416. The molecule has 0 spiro atoms. The summed E-state index contributed by atoms with van der Waals surface area (Å²) in [7, 11) is 2.18. The number of benzene rings is 2. The molecular formula is C30H43NO3. The van der Waals surface area contributed by atoms with Crippen LogP contribution in [-0.2, 0) is 0 Å². The lowest BCUT2D eigenvalue weighted by Gasteiger charge is -2.59. The molecule has 2 aromatic rings. The van der Waals surface area contributed by atoms with E-state index in [1.165, 1.54) is 29.3 Å². The molecule has 0 aliphatic heterocycles. The molecule has 1 atom stereocenters.